The number of ether oxygens (including phenoxy) is 1. The van der Waals surface area contributed by atoms with Crippen LogP contribution in [0.4, 0.5) is 0 Å². The number of benzene rings is 3. The molecule has 0 bridgehead atoms. The van der Waals surface area contributed by atoms with Crippen LogP contribution in [0, 0.1) is 11.8 Å². The highest BCUT2D eigenvalue weighted by Crippen LogP contribution is 2.57. The Morgan fingerprint density at radius 1 is 0.785 bits per heavy atom. The first-order valence-electron chi connectivity index (χ1n) is 23.0. The Hall–Kier alpha value is -4.84. The second-order valence-corrected chi connectivity index (χ2v) is 22.7. The average Bonchev–Trinajstić information content (AvgIpc) is 3.18. The molecule has 1 heterocycles. The fourth-order valence-electron chi connectivity index (χ4n) is 8.82. The molecule has 0 aromatic heterocycles. The smallest absolute Gasteiger partial charge is 0.336 e. The molecule has 5 N–H and O–H groups in total. The summed E-state index contributed by atoms with van der Waals surface area (Å²) in [5.41, 5.74) is 4.33. The van der Waals surface area contributed by atoms with E-state index in [0.717, 1.165) is 22.8 Å². The first-order valence-corrected chi connectivity index (χ1v) is 24.7. The number of carbonyl (C=O) groups is 5. The highest BCUT2D eigenvalue weighted by molar-refractivity contribution is 7.53. The molecule has 4 amide bonds. The molecule has 65 heavy (non-hydrogen) atoms. The van der Waals surface area contributed by atoms with E-state index in [9.17, 15) is 23.7 Å². The number of hydrogen-bond acceptors (Lipinski definition) is 9. The fraction of sp³-hybridized carbons (Fsp3) is 0.549. The molecule has 3 aromatic carbocycles. The van der Waals surface area contributed by atoms with Crippen molar-refractivity contribution >= 4 is 48.0 Å². The van der Waals surface area contributed by atoms with Gasteiger partial charge in [0.25, 0.3) is 0 Å². The van der Waals surface area contributed by atoms with Crippen LogP contribution < -0.4 is 21.7 Å². The number of hydrogen-bond donors (Lipinski definition) is 4. The van der Waals surface area contributed by atoms with E-state index in [-0.39, 0.29) is 37.9 Å². The second-order valence-electron chi connectivity index (χ2n) is 20.8. The Kier molecular flexibility index (Phi) is 16.7. The molecule has 354 valence electrons. The third-order valence-electron chi connectivity index (χ3n) is 11.4. The summed E-state index contributed by atoms with van der Waals surface area (Å²) in [5.74, 6) is -4.98. The summed E-state index contributed by atoms with van der Waals surface area (Å²) in [7, 11) is -3.66. The number of nitrogens with two attached hydrogens (primary N) is 1. The van der Waals surface area contributed by atoms with E-state index in [0.29, 0.717) is 36.8 Å². The summed E-state index contributed by atoms with van der Waals surface area (Å²) in [6, 6.07) is 20.3. The molecule has 1 saturated carbocycles. The van der Waals surface area contributed by atoms with Crippen LogP contribution in [0.25, 0.3) is 10.8 Å². The van der Waals surface area contributed by atoms with E-state index in [1.54, 1.807) is 20.8 Å². The van der Waals surface area contributed by atoms with Gasteiger partial charge in [-0.15, -0.1) is 0 Å². The summed E-state index contributed by atoms with van der Waals surface area (Å²) < 4.78 is 32.3. The van der Waals surface area contributed by atoms with Gasteiger partial charge in [-0.3, -0.25) is 28.5 Å². The summed E-state index contributed by atoms with van der Waals surface area (Å²) in [5, 5.41) is 11.1. The number of esters is 1. The molecule has 5 rings (SSSR count). The molecule has 13 nitrogen and oxygen atoms in total. The summed E-state index contributed by atoms with van der Waals surface area (Å²) in [6.45, 7) is 16.4. The second kappa shape index (κ2) is 21.2. The highest BCUT2D eigenvalue weighted by Gasteiger charge is 2.45. The fourth-order valence-corrected chi connectivity index (χ4v) is 11.3. The van der Waals surface area contributed by atoms with E-state index >= 15 is 4.79 Å². The van der Waals surface area contributed by atoms with Gasteiger partial charge in [-0.2, -0.15) is 0 Å². The number of primary amides is 1. The van der Waals surface area contributed by atoms with Crippen LogP contribution in [0.3, 0.4) is 0 Å². The summed E-state index contributed by atoms with van der Waals surface area (Å²) in [4.78, 5) is 69.7. The Bertz CT molecular complexity index is 2220. The van der Waals surface area contributed by atoms with Crippen LogP contribution >= 0.6 is 7.60 Å². The number of rotatable bonds is 11. The molecular formula is C51H71N4O9P. The number of fused-ring (bicyclic) bond motifs is 1. The molecule has 4 unspecified atom stereocenters. The van der Waals surface area contributed by atoms with Crippen LogP contribution in [0.15, 0.2) is 78.9 Å². The molecule has 4 atom stereocenters. The molecule has 1 aliphatic carbocycles. The molecule has 3 aromatic rings. The maximum absolute atomic E-state index is 15.1. The predicted octanol–water partition coefficient (Wildman–Crippen LogP) is 8.71. The van der Waals surface area contributed by atoms with Crippen molar-refractivity contribution in [2.75, 3.05) is 6.54 Å². The Balaban J connectivity index is 1.63. The van der Waals surface area contributed by atoms with Crippen molar-refractivity contribution < 1.29 is 42.3 Å². The zero-order chi connectivity index (χ0) is 47.8. The van der Waals surface area contributed by atoms with E-state index < -0.39 is 83.8 Å². The molecule has 0 saturated heterocycles. The van der Waals surface area contributed by atoms with Gasteiger partial charge in [-0.05, 0) is 121 Å². The Morgan fingerprint density at radius 3 is 2.03 bits per heavy atom. The van der Waals surface area contributed by atoms with E-state index in [1.807, 2.05) is 108 Å². The maximum atomic E-state index is 15.1. The third kappa shape index (κ3) is 15.4. The Morgan fingerprint density at radius 2 is 1.42 bits per heavy atom. The Labute approximate surface area is 385 Å². The quantitative estimate of drug-likeness (QED) is 0.0828. The van der Waals surface area contributed by atoms with E-state index in [4.69, 9.17) is 19.5 Å². The number of amides is 4. The van der Waals surface area contributed by atoms with Gasteiger partial charge in [0, 0.05) is 12.5 Å². The number of nitrogens with one attached hydrogen (secondary N) is 3. The van der Waals surface area contributed by atoms with E-state index in [2.05, 4.69) is 28.1 Å². The lowest BCUT2D eigenvalue weighted by Gasteiger charge is -2.39. The number of allylic oxidation sites excluding steroid dienone is 2. The molecule has 2 aliphatic rings. The standard InChI is InChI=1S/C51H71N4O9P/c1-48(2,3)62-44(57)30-41-40(37-25-23-34(24-26-37)33-65(61,63-49(4,5)6)64-50(7,8)9)22-15-17-35(29-38-20-16-19-36-18-11-12-21-39(36)38)32-53-46(59)42(31-43(52)56)54-47(60)51(55-45(41)58)27-13-10-14-28-51/h11-12,15-16,18-26,35,40-42H,10,13-14,17,27-33H2,1-9H3,(H2,52,56)(H,53,59)(H,54,60)(H,55,58). The van der Waals surface area contributed by atoms with Gasteiger partial charge in [0.1, 0.15) is 17.2 Å². The minimum absolute atomic E-state index is 0.0000959. The lowest BCUT2D eigenvalue weighted by Crippen LogP contribution is -2.64. The first kappa shape index (κ1) is 51.1. The third-order valence-corrected chi connectivity index (χ3v) is 13.8. The normalized spacial score (nSPS) is 21.7. The van der Waals surface area contributed by atoms with Crippen LogP contribution in [0.5, 0.6) is 0 Å². The minimum atomic E-state index is -3.66. The topological polar surface area (TPSA) is 192 Å². The minimum Gasteiger partial charge on any atom is -0.460 e. The predicted molar refractivity (Wildman–Crippen MR) is 254 cm³/mol. The summed E-state index contributed by atoms with van der Waals surface area (Å²) >= 11 is 0. The lowest BCUT2D eigenvalue weighted by molar-refractivity contribution is -0.157. The van der Waals surface area contributed by atoms with Crippen LogP contribution in [0.2, 0.25) is 0 Å². The largest absolute Gasteiger partial charge is 0.460 e. The van der Waals surface area contributed by atoms with Gasteiger partial charge in [-0.25, -0.2) is 0 Å². The van der Waals surface area contributed by atoms with Gasteiger partial charge >= 0.3 is 13.6 Å². The van der Waals surface area contributed by atoms with Gasteiger partial charge in [0.05, 0.1) is 36.1 Å². The van der Waals surface area contributed by atoms with Crippen molar-refractivity contribution in [3.63, 3.8) is 0 Å². The highest BCUT2D eigenvalue weighted by atomic mass is 31.2. The van der Waals surface area contributed by atoms with Crippen molar-refractivity contribution in [1.82, 2.24) is 16.0 Å². The monoisotopic (exact) mass is 914 g/mol. The van der Waals surface area contributed by atoms with Crippen molar-refractivity contribution in [3.05, 3.63) is 95.6 Å². The molecule has 1 spiro atoms. The molecule has 0 radical (unpaired) electrons. The van der Waals surface area contributed by atoms with Crippen LogP contribution in [-0.2, 0) is 54.9 Å². The number of carbonyl (C=O) groups excluding carboxylic acids is 5. The summed E-state index contributed by atoms with van der Waals surface area (Å²) in [6.07, 6.45) is 6.84. The van der Waals surface area contributed by atoms with E-state index in [1.165, 1.54) is 0 Å². The zero-order valence-electron chi connectivity index (χ0n) is 39.8. The molecule has 1 aliphatic heterocycles. The average molecular weight is 915 g/mol. The van der Waals surface area contributed by atoms with Crippen molar-refractivity contribution in [1.29, 1.82) is 0 Å². The molecular weight excluding hydrogens is 844 g/mol. The van der Waals surface area contributed by atoms with Gasteiger partial charge in [0.2, 0.25) is 23.6 Å². The first-order chi connectivity index (χ1) is 30.3. The molecule has 14 heteroatoms. The molecule has 1 fully saturated rings. The van der Waals surface area contributed by atoms with Crippen LogP contribution in [0.1, 0.15) is 136 Å². The van der Waals surface area contributed by atoms with Crippen molar-refractivity contribution in [3.8, 4) is 0 Å². The van der Waals surface area contributed by atoms with Gasteiger partial charge in [0.15, 0.2) is 0 Å². The van der Waals surface area contributed by atoms with Gasteiger partial charge in [-0.1, -0.05) is 98.1 Å². The van der Waals surface area contributed by atoms with Crippen molar-refractivity contribution in [2.45, 2.75) is 161 Å². The SMILES string of the molecule is CC(C)(C)OC(=O)CC1C(=O)NC2(CCCCC2)C(=O)NC(CC(N)=O)C(=O)NCC(Cc2cccc3ccccc23)CC=CC1c1ccc(CP(=O)(OC(C)(C)C)OC(C)(C)C)cc1. The van der Waals surface area contributed by atoms with Crippen LogP contribution in [-0.4, -0.2) is 64.5 Å². The maximum Gasteiger partial charge on any atom is 0.336 e. The van der Waals surface area contributed by atoms with Gasteiger partial charge < -0.3 is 35.5 Å². The zero-order valence-corrected chi connectivity index (χ0v) is 40.7. The van der Waals surface area contributed by atoms with Crippen molar-refractivity contribution in [2.24, 2.45) is 17.6 Å². The lowest BCUT2D eigenvalue weighted by atomic mass is 9.78.